The van der Waals surface area contributed by atoms with Crippen LogP contribution in [0.3, 0.4) is 0 Å². The van der Waals surface area contributed by atoms with E-state index < -0.39 is 10.1 Å². The van der Waals surface area contributed by atoms with Crippen molar-refractivity contribution in [3.8, 4) is 0 Å². The lowest BCUT2D eigenvalue weighted by Crippen LogP contribution is -2.09. The molecule has 0 N–H and O–H groups in total. The molecule has 2 rings (SSSR count). The lowest BCUT2D eigenvalue weighted by atomic mass is 10.2. The molecule has 0 unspecified atom stereocenters. The summed E-state index contributed by atoms with van der Waals surface area (Å²) in [4.78, 5) is 0.155. The van der Waals surface area contributed by atoms with Gasteiger partial charge in [-0.1, -0.05) is 47.0 Å². The van der Waals surface area contributed by atoms with Crippen molar-refractivity contribution in [3.05, 3.63) is 63.6 Å². The average molecular weight is 345 g/mol. The monoisotopic (exact) mass is 344 g/mol. The minimum atomic E-state index is -3.72. The molecule has 0 spiro atoms. The molecule has 0 fully saturated rings. The van der Waals surface area contributed by atoms with E-state index in [-0.39, 0.29) is 11.5 Å². The summed E-state index contributed by atoms with van der Waals surface area (Å²) < 4.78 is 29.0. The SMILES string of the molecule is Cc1ccc(S(=O)(=O)OCCc2ccc(Cl)c(Cl)c2)cc1. The van der Waals surface area contributed by atoms with Crippen molar-refractivity contribution < 1.29 is 12.6 Å². The van der Waals surface area contributed by atoms with Crippen LogP contribution in [0.25, 0.3) is 0 Å². The van der Waals surface area contributed by atoms with Gasteiger partial charge in [-0.3, -0.25) is 4.18 Å². The normalized spacial score (nSPS) is 11.6. The maximum Gasteiger partial charge on any atom is 0.296 e. The fourth-order valence-electron chi connectivity index (χ4n) is 1.74. The van der Waals surface area contributed by atoms with Crippen LogP contribution in [0.4, 0.5) is 0 Å². The molecule has 0 bridgehead atoms. The van der Waals surface area contributed by atoms with Crippen molar-refractivity contribution >= 4 is 33.3 Å². The molecule has 6 heteroatoms. The summed E-state index contributed by atoms with van der Waals surface area (Å²) in [6, 6.07) is 11.7. The van der Waals surface area contributed by atoms with Crippen molar-refractivity contribution in [3.63, 3.8) is 0 Å². The van der Waals surface area contributed by atoms with Crippen LogP contribution in [0.1, 0.15) is 11.1 Å². The first-order valence-electron chi connectivity index (χ1n) is 6.28. The van der Waals surface area contributed by atoms with Gasteiger partial charge in [0.2, 0.25) is 0 Å². The molecule has 2 aromatic rings. The first-order chi connectivity index (χ1) is 9.88. The van der Waals surface area contributed by atoms with Gasteiger partial charge >= 0.3 is 0 Å². The molecular formula is C15H14Cl2O3S. The Bertz CT molecular complexity index is 725. The van der Waals surface area contributed by atoms with Gasteiger partial charge in [-0.05, 0) is 43.2 Å². The minimum absolute atomic E-state index is 0.0498. The third-order valence-corrected chi connectivity index (χ3v) is 4.99. The lowest BCUT2D eigenvalue weighted by Gasteiger charge is -2.07. The second-order valence-electron chi connectivity index (χ2n) is 4.59. The van der Waals surface area contributed by atoms with Gasteiger partial charge in [-0.25, -0.2) is 0 Å². The first kappa shape index (κ1) is 16.3. The summed E-state index contributed by atoms with van der Waals surface area (Å²) in [6.45, 7) is 1.94. The molecule has 0 aliphatic rings. The second kappa shape index (κ2) is 6.79. The highest BCUT2D eigenvalue weighted by Crippen LogP contribution is 2.23. The highest BCUT2D eigenvalue weighted by atomic mass is 35.5. The van der Waals surface area contributed by atoms with Gasteiger partial charge in [-0.15, -0.1) is 0 Å². The molecule has 0 aliphatic carbocycles. The van der Waals surface area contributed by atoms with Crippen molar-refractivity contribution in [2.75, 3.05) is 6.61 Å². The van der Waals surface area contributed by atoms with Crippen molar-refractivity contribution in [2.45, 2.75) is 18.2 Å². The summed E-state index contributed by atoms with van der Waals surface area (Å²) in [5.41, 5.74) is 1.85. The van der Waals surface area contributed by atoms with E-state index in [1.807, 2.05) is 6.92 Å². The molecule has 0 amide bonds. The zero-order chi connectivity index (χ0) is 15.5. The molecule has 0 aromatic heterocycles. The van der Waals surface area contributed by atoms with E-state index in [9.17, 15) is 8.42 Å². The standard InChI is InChI=1S/C15H14Cl2O3S/c1-11-2-5-13(6-3-11)21(18,19)20-9-8-12-4-7-14(16)15(17)10-12/h2-7,10H,8-9H2,1H3. The molecule has 0 aliphatic heterocycles. The van der Waals surface area contributed by atoms with Crippen molar-refractivity contribution in [1.82, 2.24) is 0 Å². The van der Waals surface area contributed by atoms with E-state index in [4.69, 9.17) is 27.4 Å². The molecule has 0 atom stereocenters. The van der Waals surface area contributed by atoms with Crippen LogP contribution < -0.4 is 0 Å². The third-order valence-electron chi connectivity index (χ3n) is 2.92. The molecule has 21 heavy (non-hydrogen) atoms. The Labute approximate surface area is 134 Å². The van der Waals surface area contributed by atoms with Crippen LogP contribution in [-0.2, 0) is 20.7 Å². The van der Waals surface area contributed by atoms with Crippen LogP contribution in [0.2, 0.25) is 10.0 Å². The Balaban J connectivity index is 1.98. The Morgan fingerprint density at radius 1 is 1.00 bits per heavy atom. The van der Waals surface area contributed by atoms with E-state index in [2.05, 4.69) is 0 Å². The number of aryl methyl sites for hydroxylation is 1. The van der Waals surface area contributed by atoms with E-state index in [0.29, 0.717) is 16.5 Å². The van der Waals surface area contributed by atoms with Crippen LogP contribution in [0.15, 0.2) is 47.4 Å². The lowest BCUT2D eigenvalue weighted by molar-refractivity contribution is 0.322. The summed E-state index contributed by atoms with van der Waals surface area (Å²) in [6.07, 6.45) is 0.433. The second-order valence-corrected chi connectivity index (χ2v) is 7.02. The highest BCUT2D eigenvalue weighted by molar-refractivity contribution is 7.86. The molecule has 0 saturated carbocycles. The first-order valence-corrected chi connectivity index (χ1v) is 8.45. The predicted octanol–water partition coefficient (Wildman–Crippen LogP) is 4.25. The zero-order valence-corrected chi connectivity index (χ0v) is 13.7. The Hall–Kier alpha value is -1.07. The molecule has 3 nitrogen and oxygen atoms in total. The maximum absolute atomic E-state index is 12.0. The van der Waals surface area contributed by atoms with Crippen LogP contribution in [-0.4, -0.2) is 15.0 Å². The summed E-state index contributed by atoms with van der Waals surface area (Å²) in [7, 11) is -3.72. The van der Waals surface area contributed by atoms with Crippen LogP contribution in [0.5, 0.6) is 0 Å². The summed E-state index contributed by atoms with van der Waals surface area (Å²) in [5.74, 6) is 0. The Morgan fingerprint density at radius 3 is 2.29 bits per heavy atom. The van der Waals surface area contributed by atoms with Gasteiger partial charge in [0.25, 0.3) is 10.1 Å². The Kier molecular flexibility index (Phi) is 5.27. The van der Waals surface area contributed by atoms with Crippen molar-refractivity contribution in [2.24, 2.45) is 0 Å². The zero-order valence-electron chi connectivity index (χ0n) is 11.3. The number of hydrogen-bond acceptors (Lipinski definition) is 3. The number of rotatable bonds is 5. The summed E-state index contributed by atoms with van der Waals surface area (Å²) in [5, 5.41) is 0.907. The van der Waals surface area contributed by atoms with Gasteiger partial charge in [-0.2, -0.15) is 8.42 Å². The smallest absolute Gasteiger partial charge is 0.266 e. The molecule has 0 heterocycles. The fourth-order valence-corrected chi connectivity index (χ4v) is 2.97. The van der Waals surface area contributed by atoms with Gasteiger partial charge in [0.05, 0.1) is 21.5 Å². The third kappa shape index (κ3) is 4.45. The van der Waals surface area contributed by atoms with E-state index in [1.54, 1.807) is 30.3 Å². The average Bonchev–Trinajstić information content (AvgIpc) is 2.43. The number of halogens is 2. The molecular weight excluding hydrogens is 331 g/mol. The van der Waals surface area contributed by atoms with Crippen LogP contribution >= 0.6 is 23.2 Å². The quantitative estimate of drug-likeness (QED) is 0.761. The fraction of sp³-hybridized carbons (Fsp3) is 0.200. The van der Waals surface area contributed by atoms with Gasteiger partial charge in [0.1, 0.15) is 0 Å². The van der Waals surface area contributed by atoms with Gasteiger partial charge in [0, 0.05) is 0 Å². The molecule has 112 valence electrons. The van der Waals surface area contributed by atoms with Crippen molar-refractivity contribution in [1.29, 1.82) is 0 Å². The van der Waals surface area contributed by atoms with E-state index >= 15 is 0 Å². The molecule has 2 aromatic carbocycles. The van der Waals surface area contributed by atoms with E-state index in [1.165, 1.54) is 12.1 Å². The van der Waals surface area contributed by atoms with Crippen LogP contribution in [0, 0.1) is 6.92 Å². The Morgan fingerprint density at radius 2 is 1.67 bits per heavy atom. The van der Waals surface area contributed by atoms with Gasteiger partial charge in [0.15, 0.2) is 0 Å². The minimum Gasteiger partial charge on any atom is -0.266 e. The highest BCUT2D eigenvalue weighted by Gasteiger charge is 2.14. The molecule has 0 saturated heterocycles. The number of benzene rings is 2. The molecule has 0 radical (unpaired) electrons. The van der Waals surface area contributed by atoms with E-state index in [0.717, 1.165) is 11.1 Å². The summed E-state index contributed by atoms with van der Waals surface area (Å²) >= 11 is 11.7. The topological polar surface area (TPSA) is 43.4 Å². The largest absolute Gasteiger partial charge is 0.296 e. The van der Waals surface area contributed by atoms with Gasteiger partial charge < -0.3 is 0 Å². The number of hydrogen-bond donors (Lipinski definition) is 0. The predicted molar refractivity (Wildman–Crippen MR) is 84.5 cm³/mol. The maximum atomic E-state index is 12.0.